The number of methoxy groups -OCH3 is 1. The van der Waals surface area contributed by atoms with E-state index in [9.17, 15) is 4.79 Å². The molecule has 17 heavy (non-hydrogen) atoms. The van der Waals surface area contributed by atoms with Crippen molar-refractivity contribution in [3.05, 3.63) is 29.8 Å². The molecule has 0 bridgehead atoms. The Morgan fingerprint density at radius 1 is 1.41 bits per heavy atom. The van der Waals surface area contributed by atoms with Crippen molar-refractivity contribution in [3.63, 3.8) is 0 Å². The number of nitrogens with one attached hydrogen (secondary N) is 1. The van der Waals surface area contributed by atoms with Gasteiger partial charge in [-0.1, -0.05) is 25.5 Å². The van der Waals surface area contributed by atoms with Crippen molar-refractivity contribution in [1.82, 2.24) is 5.32 Å². The summed E-state index contributed by atoms with van der Waals surface area (Å²) in [5.41, 5.74) is 6.74. The molecule has 0 saturated heterocycles. The average molecular weight is 236 g/mol. The third-order valence-corrected chi connectivity index (χ3v) is 2.56. The Kier molecular flexibility index (Phi) is 5.49. The lowest BCUT2D eigenvalue weighted by molar-refractivity contribution is -0.122. The first kappa shape index (κ1) is 13.5. The third-order valence-electron chi connectivity index (χ3n) is 2.56. The van der Waals surface area contributed by atoms with E-state index in [2.05, 4.69) is 5.32 Å². The molecule has 4 nitrogen and oxygen atoms in total. The van der Waals surface area contributed by atoms with Crippen LogP contribution in [0.1, 0.15) is 25.3 Å². The number of amides is 1. The maximum atomic E-state index is 11.6. The number of hydrogen-bond acceptors (Lipinski definition) is 3. The van der Waals surface area contributed by atoms with Gasteiger partial charge in [0.2, 0.25) is 5.91 Å². The van der Waals surface area contributed by atoms with Gasteiger partial charge in [0.15, 0.2) is 0 Å². The van der Waals surface area contributed by atoms with Gasteiger partial charge in [-0.3, -0.25) is 4.79 Å². The molecule has 1 amide bonds. The van der Waals surface area contributed by atoms with E-state index in [1.54, 1.807) is 7.11 Å². The van der Waals surface area contributed by atoms with Crippen LogP contribution in [0.4, 0.5) is 0 Å². The summed E-state index contributed by atoms with van der Waals surface area (Å²) in [6, 6.07) is 7.17. The fourth-order valence-corrected chi connectivity index (χ4v) is 1.51. The van der Waals surface area contributed by atoms with E-state index in [1.807, 2.05) is 31.2 Å². The van der Waals surface area contributed by atoms with Gasteiger partial charge in [0.1, 0.15) is 5.75 Å². The molecule has 0 aliphatic carbocycles. The van der Waals surface area contributed by atoms with Crippen LogP contribution in [0, 0.1) is 0 Å². The maximum Gasteiger partial charge on any atom is 0.237 e. The van der Waals surface area contributed by atoms with Gasteiger partial charge in [-0.25, -0.2) is 0 Å². The molecule has 0 radical (unpaired) electrons. The topological polar surface area (TPSA) is 64.4 Å². The summed E-state index contributed by atoms with van der Waals surface area (Å²) in [5.74, 6) is 0.713. The molecule has 0 spiro atoms. The van der Waals surface area contributed by atoms with Crippen LogP contribution in [0.3, 0.4) is 0 Å². The normalized spacial score (nSPS) is 11.9. The van der Waals surface area contributed by atoms with Crippen molar-refractivity contribution in [2.24, 2.45) is 5.73 Å². The highest BCUT2D eigenvalue weighted by atomic mass is 16.5. The minimum Gasteiger partial charge on any atom is -0.497 e. The molecule has 1 aromatic rings. The molecule has 0 aromatic heterocycles. The van der Waals surface area contributed by atoms with Crippen LogP contribution in [0.15, 0.2) is 24.3 Å². The Morgan fingerprint density at radius 2 is 2.06 bits per heavy atom. The Bertz CT molecular complexity index is 349. The molecule has 0 aliphatic rings. The van der Waals surface area contributed by atoms with Crippen molar-refractivity contribution in [2.45, 2.75) is 32.4 Å². The second-order valence-corrected chi connectivity index (χ2v) is 3.96. The summed E-state index contributed by atoms with van der Waals surface area (Å²) >= 11 is 0. The molecule has 1 aromatic carbocycles. The summed E-state index contributed by atoms with van der Waals surface area (Å²) in [6.45, 7) is 2.51. The van der Waals surface area contributed by atoms with Gasteiger partial charge in [0.25, 0.3) is 0 Å². The summed E-state index contributed by atoms with van der Waals surface area (Å²) in [4.78, 5) is 11.6. The van der Waals surface area contributed by atoms with Crippen molar-refractivity contribution >= 4 is 5.91 Å². The first-order valence-corrected chi connectivity index (χ1v) is 5.83. The molecule has 0 heterocycles. The van der Waals surface area contributed by atoms with Gasteiger partial charge < -0.3 is 15.8 Å². The van der Waals surface area contributed by atoms with E-state index in [0.717, 1.165) is 17.7 Å². The number of rotatable bonds is 6. The van der Waals surface area contributed by atoms with Crippen molar-refractivity contribution in [1.29, 1.82) is 0 Å². The lowest BCUT2D eigenvalue weighted by Gasteiger charge is -2.11. The smallest absolute Gasteiger partial charge is 0.237 e. The molecule has 1 atom stereocenters. The lowest BCUT2D eigenvalue weighted by atomic mass is 10.1. The second-order valence-electron chi connectivity index (χ2n) is 3.96. The summed E-state index contributed by atoms with van der Waals surface area (Å²) < 4.78 is 5.06. The number of hydrogen-bond donors (Lipinski definition) is 2. The van der Waals surface area contributed by atoms with Crippen LogP contribution in [0.25, 0.3) is 0 Å². The second kappa shape index (κ2) is 6.91. The zero-order valence-corrected chi connectivity index (χ0v) is 10.4. The predicted octanol–water partition coefficient (Wildman–Crippen LogP) is 1.44. The maximum absolute atomic E-state index is 11.6. The number of ether oxygens (including phenoxy) is 1. The molecular formula is C13H20N2O2. The van der Waals surface area contributed by atoms with Crippen LogP contribution in [-0.4, -0.2) is 19.1 Å². The Labute approximate surface area is 102 Å². The van der Waals surface area contributed by atoms with E-state index >= 15 is 0 Å². The molecule has 0 saturated carbocycles. The van der Waals surface area contributed by atoms with Crippen LogP contribution in [0.2, 0.25) is 0 Å². The highest BCUT2D eigenvalue weighted by Gasteiger charge is 2.11. The van der Waals surface area contributed by atoms with Gasteiger partial charge in [-0.05, 0) is 24.1 Å². The molecule has 1 rings (SSSR count). The quantitative estimate of drug-likeness (QED) is 0.785. The zero-order chi connectivity index (χ0) is 12.7. The van der Waals surface area contributed by atoms with Crippen LogP contribution in [-0.2, 0) is 11.3 Å². The average Bonchev–Trinajstić information content (AvgIpc) is 2.36. The molecule has 0 fully saturated rings. The Hall–Kier alpha value is -1.55. The van der Waals surface area contributed by atoms with Crippen LogP contribution in [0.5, 0.6) is 5.75 Å². The molecule has 4 heteroatoms. The van der Waals surface area contributed by atoms with E-state index in [4.69, 9.17) is 10.5 Å². The van der Waals surface area contributed by atoms with Crippen molar-refractivity contribution in [2.75, 3.05) is 7.11 Å². The SMILES string of the molecule is CCCC(N)C(=O)NCc1ccc(OC)cc1. The monoisotopic (exact) mass is 236 g/mol. The summed E-state index contributed by atoms with van der Waals surface area (Å²) in [6.07, 6.45) is 1.63. The summed E-state index contributed by atoms with van der Waals surface area (Å²) in [7, 11) is 1.63. The number of benzene rings is 1. The fraction of sp³-hybridized carbons (Fsp3) is 0.462. The van der Waals surface area contributed by atoms with Gasteiger partial charge in [-0.15, -0.1) is 0 Å². The largest absolute Gasteiger partial charge is 0.497 e. The zero-order valence-electron chi connectivity index (χ0n) is 10.4. The van der Waals surface area contributed by atoms with Gasteiger partial charge in [0.05, 0.1) is 13.2 Å². The van der Waals surface area contributed by atoms with E-state index in [1.165, 1.54) is 0 Å². The first-order valence-electron chi connectivity index (χ1n) is 5.83. The number of carbonyl (C=O) groups is 1. The van der Waals surface area contributed by atoms with Crippen molar-refractivity contribution in [3.8, 4) is 5.75 Å². The van der Waals surface area contributed by atoms with Gasteiger partial charge >= 0.3 is 0 Å². The highest BCUT2D eigenvalue weighted by molar-refractivity contribution is 5.81. The molecule has 94 valence electrons. The van der Waals surface area contributed by atoms with Gasteiger partial charge in [0, 0.05) is 6.54 Å². The van der Waals surface area contributed by atoms with Crippen LogP contribution < -0.4 is 15.8 Å². The fourth-order valence-electron chi connectivity index (χ4n) is 1.51. The number of nitrogens with two attached hydrogens (primary N) is 1. The van der Waals surface area contributed by atoms with Crippen molar-refractivity contribution < 1.29 is 9.53 Å². The third kappa shape index (κ3) is 4.44. The molecule has 0 aliphatic heterocycles. The van der Waals surface area contributed by atoms with Crippen LogP contribution >= 0.6 is 0 Å². The first-order chi connectivity index (χ1) is 8.17. The molecule has 3 N–H and O–H groups in total. The van der Waals surface area contributed by atoms with E-state index in [0.29, 0.717) is 13.0 Å². The lowest BCUT2D eigenvalue weighted by Crippen LogP contribution is -2.40. The standard InChI is InChI=1S/C13H20N2O2/c1-3-4-12(14)13(16)15-9-10-5-7-11(17-2)8-6-10/h5-8,12H,3-4,9,14H2,1-2H3,(H,15,16). The highest BCUT2D eigenvalue weighted by Crippen LogP contribution is 2.10. The summed E-state index contributed by atoms with van der Waals surface area (Å²) in [5, 5.41) is 2.82. The molecular weight excluding hydrogens is 216 g/mol. The minimum atomic E-state index is -0.404. The Balaban J connectivity index is 2.41. The Morgan fingerprint density at radius 3 is 2.59 bits per heavy atom. The van der Waals surface area contributed by atoms with Gasteiger partial charge in [-0.2, -0.15) is 0 Å². The minimum absolute atomic E-state index is 0.0948. The van der Waals surface area contributed by atoms with E-state index in [-0.39, 0.29) is 5.91 Å². The van der Waals surface area contributed by atoms with E-state index < -0.39 is 6.04 Å². The molecule has 1 unspecified atom stereocenters. The number of carbonyl (C=O) groups excluding carboxylic acids is 1. The predicted molar refractivity (Wildman–Crippen MR) is 67.7 cm³/mol.